The smallest absolute Gasteiger partial charge is 0.282 e. The molecule has 2 amide bonds. The van der Waals surface area contributed by atoms with Crippen LogP contribution >= 0.6 is 0 Å². The second-order valence-corrected chi connectivity index (χ2v) is 7.46. The number of carbonyl (C=O) groups is 2. The Labute approximate surface area is 162 Å². The van der Waals surface area contributed by atoms with Crippen LogP contribution in [0.15, 0.2) is 22.8 Å². The Morgan fingerprint density at radius 1 is 1.36 bits per heavy atom. The molecule has 2 heterocycles. The molecule has 1 unspecified atom stereocenters. The normalized spacial score (nSPS) is 21.8. The van der Waals surface area contributed by atoms with Gasteiger partial charge in [0.05, 0.1) is 19.1 Å². The fourth-order valence-electron chi connectivity index (χ4n) is 3.41. The summed E-state index contributed by atoms with van der Waals surface area (Å²) in [7, 11) is 0. The molecule has 3 rings (SSSR count). The molecule has 0 saturated carbocycles. The van der Waals surface area contributed by atoms with Crippen LogP contribution < -0.4 is 11.1 Å². The van der Waals surface area contributed by atoms with E-state index in [2.05, 4.69) is 22.5 Å². The first-order chi connectivity index (χ1) is 13.4. The van der Waals surface area contributed by atoms with Gasteiger partial charge in [-0.05, 0) is 38.5 Å². The van der Waals surface area contributed by atoms with Crippen molar-refractivity contribution in [3.05, 3.63) is 30.0 Å². The number of likely N-dealkylation sites (tertiary alicyclic amines) is 1. The highest BCUT2D eigenvalue weighted by Gasteiger charge is 2.47. The van der Waals surface area contributed by atoms with E-state index in [-0.39, 0.29) is 17.5 Å². The molecule has 9 heteroatoms. The summed E-state index contributed by atoms with van der Waals surface area (Å²) >= 11 is 0. The SMILES string of the molecule is N[C@@H](CCCCNC(=O)c1coc(C2CC=CCC2)n1)C(=O)N1CC(F)(F)C1. The Morgan fingerprint density at radius 3 is 2.82 bits per heavy atom. The fourth-order valence-corrected chi connectivity index (χ4v) is 3.41. The maximum Gasteiger partial charge on any atom is 0.282 e. The van der Waals surface area contributed by atoms with Crippen LogP contribution in [0.25, 0.3) is 0 Å². The molecule has 7 nitrogen and oxygen atoms in total. The molecular formula is C19H26F2N4O3. The number of halogens is 2. The summed E-state index contributed by atoms with van der Waals surface area (Å²) in [4.78, 5) is 29.4. The van der Waals surface area contributed by atoms with Gasteiger partial charge in [-0.2, -0.15) is 0 Å². The molecule has 1 aliphatic carbocycles. The lowest BCUT2D eigenvalue weighted by atomic mass is 9.94. The summed E-state index contributed by atoms with van der Waals surface area (Å²) in [5.41, 5.74) is 6.03. The Kier molecular flexibility index (Phi) is 6.43. The van der Waals surface area contributed by atoms with E-state index in [1.807, 2.05) is 0 Å². The van der Waals surface area contributed by atoms with Crippen molar-refractivity contribution >= 4 is 11.8 Å². The van der Waals surface area contributed by atoms with E-state index in [1.54, 1.807) is 0 Å². The van der Waals surface area contributed by atoms with Crippen molar-refractivity contribution in [3.63, 3.8) is 0 Å². The topological polar surface area (TPSA) is 101 Å². The average molecular weight is 396 g/mol. The van der Waals surface area contributed by atoms with Crippen molar-refractivity contribution in [1.82, 2.24) is 15.2 Å². The first-order valence-electron chi connectivity index (χ1n) is 9.66. The van der Waals surface area contributed by atoms with Gasteiger partial charge in [-0.1, -0.05) is 12.2 Å². The predicted molar refractivity (Wildman–Crippen MR) is 97.9 cm³/mol. The number of allylic oxidation sites excluding steroid dienone is 2. The largest absolute Gasteiger partial charge is 0.448 e. The zero-order valence-corrected chi connectivity index (χ0v) is 15.7. The quantitative estimate of drug-likeness (QED) is 0.518. The number of amides is 2. The molecule has 1 aromatic rings. The minimum Gasteiger partial charge on any atom is -0.448 e. The van der Waals surface area contributed by atoms with E-state index in [9.17, 15) is 18.4 Å². The molecule has 2 aliphatic rings. The summed E-state index contributed by atoms with van der Waals surface area (Å²) in [6.45, 7) is -0.686. The van der Waals surface area contributed by atoms with E-state index >= 15 is 0 Å². The van der Waals surface area contributed by atoms with E-state index in [1.165, 1.54) is 6.26 Å². The number of oxazole rings is 1. The maximum atomic E-state index is 12.8. The molecular weight excluding hydrogens is 370 g/mol. The molecule has 0 spiro atoms. The Balaban J connectivity index is 1.32. The lowest BCUT2D eigenvalue weighted by Crippen LogP contribution is -2.61. The minimum atomic E-state index is -2.78. The number of nitrogens with one attached hydrogen (secondary N) is 1. The summed E-state index contributed by atoms with van der Waals surface area (Å²) in [5.74, 6) is -2.71. The van der Waals surface area contributed by atoms with Gasteiger partial charge in [0.15, 0.2) is 11.6 Å². The third kappa shape index (κ3) is 5.15. The zero-order chi connectivity index (χ0) is 20.1. The van der Waals surface area contributed by atoms with Gasteiger partial charge < -0.3 is 20.4 Å². The van der Waals surface area contributed by atoms with Crippen LogP contribution in [0.1, 0.15) is 60.8 Å². The highest BCUT2D eigenvalue weighted by Crippen LogP contribution is 2.28. The molecule has 0 aromatic carbocycles. The molecule has 2 atom stereocenters. The first kappa shape index (κ1) is 20.4. The standard InChI is InChI=1S/C19H26F2N4O3/c20-19(21)11-25(12-19)18(27)14(22)8-4-5-9-23-16(26)15-10-28-17(24-15)13-6-2-1-3-7-13/h1-2,10,13-14H,3-9,11-12,22H2,(H,23,26)/t13?,14-/m0/s1. The van der Waals surface area contributed by atoms with E-state index in [4.69, 9.17) is 10.2 Å². The van der Waals surface area contributed by atoms with Crippen LogP contribution in [-0.2, 0) is 4.79 Å². The summed E-state index contributed by atoms with van der Waals surface area (Å²) in [6.07, 6.45) is 10.0. The number of nitrogens with zero attached hydrogens (tertiary/aromatic N) is 2. The van der Waals surface area contributed by atoms with Gasteiger partial charge >= 0.3 is 0 Å². The number of hydrogen-bond acceptors (Lipinski definition) is 5. The molecule has 3 N–H and O–H groups in total. The van der Waals surface area contributed by atoms with Crippen molar-refractivity contribution in [1.29, 1.82) is 0 Å². The van der Waals surface area contributed by atoms with Crippen LogP contribution in [0.4, 0.5) is 8.78 Å². The van der Waals surface area contributed by atoms with E-state index in [0.29, 0.717) is 31.7 Å². The number of rotatable bonds is 8. The van der Waals surface area contributed by atoms with Crippen LogP contribution in [-0.4, -0.2) is 53.3 Å². The molecule has 0 bridgehead atoms. The Bertz CT molecular complexity index is 727. The van der Waals surface area contributed by atoms with Gasteiger partial charge in [-0.3, -0.25) is 9.59 Å². The molecule has 1 aromatic heterocycles. The lowest BCUT2D eigenvalue weighted by Gasteiger charge is -2.39. The highest BCUT2D eigenvalue weighted by atomic mass is 19.3. The van der Waals surface area contributed by atoms with Crippen molar-refractivity contribution in [2.24, 2.45) is 5.73 Å². The number of aromatic nitrogens is 1. The predicted octanol–water partition coefficient (Wildman–Crippen LogP) is 2.20. The van der Waals surface area contributed by atoms with E-state index < -0.39 is 31.0 Å². The molecule has 1 saturated heterocycles. The second kappa shape index (κ2) is 8.81. The first-order valence-corrected chi connectivity index (χ1v) is 9.66. The van der Waals surface area contributed by atoms with Crippen LogP contribution in [0.3, 0.4) is 0 Å². The summed E-state index contributed by atoms with van der Waals surface area (Å²) < 4.78 is 31.0. The fraction of sp³-hybridized carbons (Fsp3) is 0.632. The average Bonchev–Trinajstić information content (AvgIpc) is 3.16. The molecule has 1 aliphatic heterocycles. The molecule has 1 fully saturated rings. The van der Waals surface area contributed by atoms with Gasteiger partial charge in [0.2, 0.25) is 5.91 Å². The van der Waals surface area contributed by atoms with Crippen LogP contribution in [0.5, 0.6) is 0 Å². The second-order valence-electron chi connectivity index (χ2n) is 7.46. The third-order valence-corrected chi connectivity index (χ3v) is 5.07. The molecule has 154 valence electrons. The van der Waals surface area contributed by atoms with E-state index in [0.717, 1.165) is 24.2 Å². The number of nitrogens with two attached hydrogens (primary N) is 1. The van der Waals surface area contributed by atoms with Gasteiger partial charge in [0.1, 0.15) is 6.26 Å². The van der Waals surface area contributed by atoms with Gasteiger partial charge in [-0.25, -0.2) is 13.8 Å². The Hall–Kier alpha value is -2.29. The molecule has 0 radical (unpaired) electrons. The van der Waals surface area contributed by atoms with Crippen molar-refractivity contribution in [2.45, 2.75) is 56.4 Å². The van der Waals surface area contributed by atoms with Crippen molar-refractivity contribution in [2.75, 3.05) is 19.6 Å². The highest BCUT2D eigenvalue weighted by molar-refractivity contribution is 5.91. The third-order valence-electron chi connectivity index (χ3n) is 5.07. The van der Waals surface area contributed by atoms with Gasteiger partial charge in [0, 0.05) is 12.5 Å². The lowest BCUT2D eigenvalue weighted by molar-refractivity contribution is -0.167. The number of carbonyl (C=O) groups excluding carboxylic acids is 2. The van der Waals surface area contributed by atoms with Gasteiger partial charge in [0.25, 0.3) is 11.8 Å². The van der Waals surface area contributed by atoms with Crippen molar-refractivity contribution in [3.8, 4) is 0 Å². The monoisotopic (exact) mass is 396 g/mol. The zero-order valence-electron chi connectivity index (χ0n) is 15.7. The number of hydrogen-bond donors (Lipinski definition) is 2. The van der Waals surface area contributed by atoms with Gasteiger partial charge in [-0.15, -0.1) is 0 Å². The summed E-state index contributed by atoms with van der Waals surface area (Å²) in [5, 5.41) is 2.76. The molecule has 28 heavy (non-hydrogen) atoms. The number of unbranched alkanes of at least 4 members (excludes halogenated alkanes) is 1. The van der Waals surface area contributed by atoms with Crippen LogP contribution in [0, 0.1) is 0 Å². The van der Waals surface area contributed by atoms with Crippen LogP contribution in [0.2, 0.25) is 0 Å². The minimum absolute atomic E-state index is 0.219. The summed E-state index contributed by atoms with van der Waals surface area (Å²) in [6, 6.07) is -0.783. The Morgan fingerprint density at radius 2 is 2.14 bits per heavy atom. The number of alkyl halides is 2. The maximum absolute atomic E-state index is 12.8. The van der Waals surface area contributed by atoms with Crippen molar-refractivity contribution < 1.29 is 22.8 Å².